The highest BCUT2D eigenvalue weighted by Gasteiger charge is 2.09. The Balaban J connectivity index is 2.68. The summed E-state index contributed by atoms with van der Waals surface area (Å²) >= 11 is 0. The van der Waals surface area contributed by atoms with E-state index in [1.54, 1.807) is 12.1 Å². The minimum Gasteiger partial charge on any atom is -0.392 e. The molecule has 6 nitrogen and oxygen atoms in total. The van der Waals surface area contributed by atoms with Crippen LogP contribution in [0, 0.1) is 6.92 Å². The van der Waals surface area contributed by atoms with Gasteiger partial charge < -0.3 is 5.11 Å². The Hall–Kier alpha value is -1.95. The molecule has 1 heterocycles. The number of aliphatic hydroxyl groups excluding tert-OH is 1. The molecule has 0 aliphatic rings. The lowest BCUT2D eigenvalue weighted by atomic mass is 10.1. The summed E-state index contributed by atoms with van der Waals surface area (Å²) in [5, 5.41) is 18.4. The van der Waals surface area contributed by atoms with Crippen LogP contribution in [-0.4, -0.2) is 25.3 Å². The van der Waals surface area contributed by atoms with Gasteiger partial charge in [0.2, 0.25) is 0 Å². The van der Waals surface area contributed by atoms with E-state index in [9.17, 15) is 9.90 Å². The van der Waals surface area contributed by atoms with Gasteiger partial charge in [0.1, 0.15) is 0 Å². The number of hydrogen-bond donors (Lipinski definition) is 2. The van der Waals surface area contributed by atoms with Crippen LogP contribution in [0.2, 0.25) is 0 Å². The number of nitrogens with one attached hydrogen (secondary N) is 1. The number of nitrogens with zero attached hydrogens (tertiary/aromatic N) is 3. The highest BCUT2D eigenvalue weighted by atomic mass is 16.3. The molecule has 1 aromatic heterocycles. The molecular weight excluding hydrogens is 196 g/mol. The minimum absolute atomic E-state index is 0.138. The van der Waals surface area contributed by atoms with Gasteiger partial charge in [-0.3, -0.25) is 0 Å². The number of benzene rings is 1. The molecule has 15 heavy (non-hydrogen) atoms. The Morgan fingerprint density at radius 3 is 2.93 bits per heavy atom. The number of aryl methyl sites for hydroxylation is 1. The molecule has 0 unspecified atom stereocenters. The highest BCUT2D eigenvalue weighted by molar-refractivity contribution is 5.44. The number of H-pyrrole nitrogens is 1. The molecule has 0 amide bonds. The summed E-state index contributed by atoms with van der Waals surface area (Å²) in [6.07, 6.45) is 0. The first-order valence-corrected chi connectivity index (χ1v) is 4.44. The zero-order valence-corrected chi connectivity index (χ0v) is 8.14. The number of aromatic amines is 1. The summed E-state index contributed by atoms with van der Waals surface area (Å²) in [6.45, 7) is 1.72. The van der Waals surface area contributed by atoms with Crippen molar-refractivity contribution in [2.45, 2.75) is 13.5 Å². The van der Waals surface area contributed by atoms with E-state index < -0.39 is 5.69 Å². The smallest absolute Gasteiger partial charge is 0.365 e. The fraction of sp³-hybridized carbons (Fsp3) is 0.222. The largest absolute Gasteiger partial charge is 0.392 e. The van der Waals surface area contributed by atoms with Crippen LogP contribution in [-0.2, 0) is 6.61 Å². The first-order chi connectivity index (χ1) is 7.24. The van der Waals surface area contributed by atoms with Crippen LogP contribution in [0.4, 0.5) is 0 Å². The second kappa shape index (κ2) is 3.66. The number of aromatic nitrogens is 4. The van der Waals surface area contributed by atoms with Gasteiger partial charge in [-0.05, 0) is 29.0 Å². The van der Waals surface area contributed by atoms with Crippen molar-refractivity contribution < 1.29 is 5.11 Å². The zero-order chi connectivity index (χ0) is 10.8. The molecule has 2 aromatic rings. The quantitative estimate of drug-likeness (QED) is 0.710. The fourth-order valence-electron chi connectivity index (χ4n) is 1.45. The summed E-state index contributed by atoms with van der Waals surface area (Å²) in [4.78, 5) is 11.3. The van der Waals surface area contributed by atoms with E-state index in [0.717, 1.165) is 10.2 Å². The van der Waals surface area contributed by atoms with Crippen LogP contribution in [0.5, 0.6) is 0 Å². The summed E-state index contributed by atoms with van der Waals surface area (Å²) < 4.78 is 1.12. The molecular formula is C9H10N4O2. The van der Waals surface area contributed by atoms with Gasteiger partial charge in [0.05, 0.1) is 12.3 Å². The molecule has 0 aliphatic heterocycles. The Morgan fingerprint density at radius 1 is 1.53 bits per heavy atom. The van der Waals surface area contributed by atoms with Crippen LogP contribution < -0.4 is 5.69 Å². The van der Waals surface area contributed by atoms with Crippen molar-refractivity contribution in [1.29, 1.82) is 0 Å². The average Bonchev–Trinajstić information content (AvgIpc) is 2.64. The van der Waals surface area contributed by atoms with Crippen molar-refractivity contribution in [2.75, 3.05) is 0 Å². The molecule has 0 saturated heterocycles. The van der Waals surface area contributed by atoms with Crippen LogP contribution in [0.25, 0.3) is 5.69 Å². The minimum atomic E-state index is -0.421. The second-order valence-electron chi connectivity index (χ2n) is 3.15. The fourth-order valence-corrected chi connectivity index (χ4v) is 1.45. The molecule has 0 fully saturated rings. The number of aliphatic hydroxyl groups is 1. The number of tetrazole rings is 1. The van der Waals surface area contributed by atoms with E-state index in [4.69, 9.17) is 0 Å². The van der Waals surface area contributed by atoms with E-state index in [0.29, 0.717) is 11.3 Å². The lowest BCUT2D eigenvalue weighted by molar-refractivity contribution is 0.280. The summed E-state index contributed by atoms with van der Waals surface area (Å²) in [5.41, 5.74) is 1.71. The molecule has 78 valence electrons. The van der Waals surface area contributed by atoms with E-state index in [1.807, 2.05) is 13.0 Å². The van der Waals surface area contributed by atoms with Gasteiger partial charge in [0.15, 0.2) is 0 Å². The Morgan fingerprint density at radius 2 is 2.33 bits per heavy atom. The second-order valence-corrected chi connectivity index (χ2v) is 3.15. The first kappa shape index (κ1) is 9.60. The van der Waals surface area contributed by atoms with E-state index in [1.165, 1.54) is 0 Å². The van der Waals surface area contributed by atoms with Gasteiger partial charge in [0, 0.05) is 5.56 Å². The van der Waals surface area contributed by atoms with Crippen molar-refractivity contribution >= 4 is 0 Å². The van der Waals surface area contributed by atoms with Gasteiger partial charge in [0.25, 0.3) is 0 Å². The topological polar surface area (TPSA) is 83.8 Å². The van der Waals surface area contributed by atoms with Gasteiger partial charge in [-0.2, -0.15) is 4.68 Å². The average molecular weight is 206 g/mol. The van der Waals surface area contributed by atoms with Crippen molar-refractivity contribution in [3.8, 4) is 5.69 Å². The summed E-state index contributed by atoms with van der Waals surface area (Å²) in [6, 6.07) is 5.37. The summed E-state index contributed by atoms with van der Waals surface area (Å²) in [5.74, 6) is 0. The monoisotopic (exact) mass is 206 g/mol. The molecule has 0 radical (unpaired) electrons. The maximum Gasteiger partial charge on any atom is 0.365 e. The molecule has 0 saturated carbocycles. The highest BCUT2D eigenvalue weighted by Crippen LogP contribution is 2.15. The van der Waals surface area contributed by atoms with Crippen LogP contribution in [0.15, 0.2) is 23.0 Å². The maximum atomic E-state index is 11.3. The molecule has 0 atom stereocenters. The molecule has 0 aliphatic carbocycles. The lowest BCUT2D eigenvalue weighted by Crippen LogP contribution is -2.18. The predicted molar refractivity (Wildman–Crippen MR) is 52.6 cm³/mol. The number of rotatable bonds is 2. The van der Waals surface area contributed by atoms with Crippen LogP contribution in [0.3, 0.4) is 0 Å². The standard InChI is InChI=1S/C9H10N4O2/c1-6-3-2-4-8(7(6)5-14)13-9(15)10-11-12-13/h2-4,14H,5H2,1H3,(H,10,12,15). The lowest BCUT2D eigenvalue weighted by Gasteiger charge is -2.07. The molecule has 2 N–H and O–H groups in total. The van der Waals surface area contributed by atoms with Gasteiger partial charge in [-0.1, -0.05) is 12.1 Å². The molecule has 1 aromatic carbocycles. The molecule has 2 rings (SSSR count). The summed E-state index contributed by atoms with van der Waals surface area (Å²) in [7, 11) is 0. The third-order valence-electron chi connectivity index (χ3n) is 2.24. The van der Waals surface area contributed by atoms with Crippen molar-refractivity contribution in [2.24, 2.45) is 0 Å². The SMILES string of the molecule is Cc1cccc(-n2nn[nH]c2=O)c1CO. The molecule has 0 bridgehead atoms. The van der Waals surface area contributed by atoms with Gasteiger partial charge >= 0.3 is 5.69 Å². The van der Waals surface area contributed by atoms with Crippen molar-refractivity contribution in [1.82, 2.24) is 20.2 Å². The normalized spacial score (nSPS) is 10.5. The zero-order valence-electron chi connectivity index (χ0n) is 8.14. The van der Waals surface area contributed by atoms with Gasteiger partial charge in [-0.25, -0.2) is 9.89 Å². The van der Waals surface area contributed by atoms with Crippen molar-refractivity contribution in [3.05, 3.63) is 39.8 Å². The molecule has 0 spiro atoms. The van der Waals surface area contributed by atoms with Crippen molar-refractivity contribution in [3.63, 3.8) is 0 Å². The Bertz CT molecular complexity index is 529. The van der Waals surface area contributed by atoms with E-state index in [-0.39, 0.29) is 6.61 Å². The third kappa shape index (κ3) is 1.55. The molecule has 6 heteroatoms. The third-order valence-corrected chi connectivity index (χ3v) is 2.24. The van der Waals surface area contributed by atoms with E-state index >= 15 is 0 Å². The maximum absolute atomic E-state index is 11.3. The van der Waals surface area contributed by atoms with Gasteiger partial charge in [-0.15, -0.1) is 0 Å². The number of hydrogen-bond acceptors (Lipinski definition) is 4. The Labute approximate surface area is 85.2 Å². The van der Waals surface area contributed by atoms with Crippen LogP contribution >= 0.6 is 0 Å². The predicted octanol–water partition coefficient (Wildman–Crippen LogP) is -0.244. The Kier molecular flexibility index (Phi) is 2.34. The van der Waals surface area contributed by atoms with E-state index in [2.05, 4.69) is 15.5 Å². The van der Waals surface area contributed by atoms with Crippen LogP contribution in [0.1, 0.15) is 11.1 Å². The first-order valence-electron chi connectivity index (χ1n) is 4.44.